The Morgan fingerprint density at radius 2 is 1.81 bits per heavy atom. The van der Waals surface area contributed by atoms with Gasteiger partial charge >= 0.3 is 0 Å². The molecule has 0 saturated heterocycles. The molecular formula is C11H18N2O2S. The number of rotatable bonds is 5. The summed E-state index contributed by atoms with van der Waals surface area (Å²) in [5.74, 6) is 0. The molecule has 4 nitrogen and oxygen atoms in total. The van der Waals surface area contributed by atoms with Crippen LogP contribution in [-0.4, -0.2) is 20.5 Å². The molecule has 0 fully saturated rings. The van der Waals surface area contributed by atoms with Gasteiger partial charge in [0.15, 0.2) is 0 Å². The Bertz CT molecular complexity index is 415. The van der Waals surface area contributed by atoms with Crippen molar-refractivity contribution < 1.29 is 8.42 Å². The van der Waals surface area contributed by atoms with Crippen molar-refractivity contribution in [1.29, 1.82) is 0 Å². The molecule has 0 aromatic heterocycles. The van der Waals surface area contributed by atoms with Gasteiger partial charge in [0.25, 0.3) is 0 Å². The third kappa shape index (κ3) is 3.92. The Labute approximate surface area is 96.9 Å². The van der Waals surface area contributed by atoms with Gasteiger partial charge in [-0.15, -0.1) is 0 Å². The van der Waals surface area contributed by atoms with Crippen LogP contribution in [0.3, 0.4) is 0 Å². The number of benzene rings is 1. The third-order valence-electron chi connectivity index (χ3n) is 2.14. The van der Waals surface area contributed by atoms with Crippen molar-refractivity contribution in [1.82, 2.24) is 4.72 Å². The Morgan fingerprint density at radius 1 is 1.25 bits per heavy atom. The minimum atomic E-state index is -3.41. The van der Waals surface area contributed by atoms with Crippen molar-refractivity contribution in [3.8, 4) is 0 Å². The number of sulfonamides is 1. The normalized spacial score (nSPS) is 15.7. The van der Waals surface area contributed by atoms with E-state index in [-0.39, 0.29) is 17.0 Å². The fraction of sp³-hybridized carbons (Fsp3) is 0.455. The van der Waals surface area contributed by atoms with Crippen molar-refractivity contribution in [2.45, 2.75) is 37.2 Å². The second-order valence-corrected chi connectivity index (χ2v) is 5.76. The monoisotopic (exact) mass is 242 g/mol. The lowest BCUT2D eigenvalue weighted by atomic mass is 10.1. The minimum Gasteiger partial charge on any atom is -0.328 e. The van der Waals surface area contributed by atoms with E-state index >= 15 is 0 Å². The molecule has 0 aliphatic heterocycles. The quantitative estimate of drug-likeness (QED) is 0.812. The third-order valence-corrected chi connectivity index (χ3v) is 3.74. The summed E-state index contributed by atoms with van der Waals surface area (Å²) in [4.78, 5) is 0.284. The zero-order valence-corrected chi connectivity index (χ0v) is 10.4. The first-order valence-electron chi connectivity index (χ1n) is 5.25. The van der Waals surface area contributed by atoms with Gasteiger partial charge in [0.05, 0.1) is 4.90 Å². The zero-order chi connectivity index (χ0) is 12.2. The smallest absolute Gasteiger partial charge is 0.240 e. The average molecular weight is 242 g/mol. The topological polar surface area (TPSA) is 72.2 Å². The van der Waals surface area contributed by atoms with Gasteiger partial charge in [-0.25, -0.2) is 13.1 Å². The predicted molar refractivity (Wildman–Crippen MR) is 64.5 cm³/mol. The molecule has 0 aliphatic rings. The van der Waals surface area contributed by atoms with Crippen molar-refractivity contribution in [2.24, 2.45) is 5.73 Å². The Kier molecular flexibility index (Phi) is 4.46. The second kappa shape index (κ2) is 5.43. The number of nitrogens with one attached hydrogen (secondary N) is 1. The lowest BCUT2D eigenvalue weighted by molar-refractivity contribution is 0.519. The van der Waals surface area contributed by atoms with E-state index in [1.165, 1.54) is 0 Å². The standard InChI is InChI=1S/C11H18N2O2S/c1-9(12)8-10(2)13-16(14,15)11-6-4-3-5-7-11/h3-7,9-10,13H,8,12H2,1-2H3. The highest BCUT2D eigenvalue weighted by atomic mass is 32.2. The van der Waals surface area contributed by atoms with Crippen LogP contribution in [0.5, 0.6) is 0 Å². The van der Waals surface area contributed by atoms with Gasteiger partial charge in [0.2, 0.25) is 10.0 Å². The van der Waals surface area contributed by atoms with E-state index in [4.69, 9.17) is 5.73 Å². The fourth-order valence-electron chi connectivity index (χ4n) is 1.54. The Hall–Kier alpha value is -0.910. The maximum Gasteiger partial charge on any atom is 0.240 e. The molecule has 0 spiro atoms. The Morgan fingerprint density at radius 3 is 2.31 bits per heavy atom. The van der Waals surface area contributed by atoms with E-state index < -0.39 is 10.0 Å². The second-order valence-electron chi connectivity index (χ2n) is 4.05. The fourth-order valence-corrected chi connectivity index (χ4v) is 2.82. The zero-order valence-electron chi connectivity index (χ0n) is 9.55. The van der Waals surface area contributed by atoms with Crippen LogP contribution >= 0.6 is 0 Å². The van der Waals surface area contributed by atoms with Crippen LogP contribution in [-0.2, 0) is 10.0 Å². The molecule has 2 unspecified atom stereocenters. The first-order chi connectivity index (χ1) is 7.42. The van der Waals surface area contributed by atoms with E-state index in [0.717, 1.165) is 0 Å². The van der Waals surface area contributed by atoms with Gasteiger partial charge in [-0.05, 0) is 32.4 Å². The summed E-state index contributed by atoms with van der Waals surface area (Å²) in [6.45, 7) is 3.66. The van der Waals surface area contributed by atoms with Crippen LogP contribution in [0.4, 0.5) is 0 Å². The molecular weight excluding hydrogens is 224 g/mol. The summed E-state index contributed by atoms with van der Waals surface area (Å²) in [6.07, 6.45) is 0.617. The first kappa shape index (κ1) is 13.2. The SMILES string of the molecule is CC(N)CC(C)NS(=O)(=O)c1ccccc1. The molecule has 0 bridgehead atoms. The van der Waals surface area contributed by atoms with Gasteiger partial charge in [-0.2, -0.15) is 0 Å². The van der Waals surface area contributed by atoms with Crippen LogP contribution in [0.15, 0.2) is 35.2 Å². The average Bonchev–Trinajstić information content (AvgIpc) is 2.16. The van der Waals surface area contributed by atoms with Gasteiger partial charge in [0.1, 0.15) is 0 Å². The molecule has 1 rings (SSSR count). The molecule has 0 amide bonds. The molecule has 0 heterocycles. The van der Waals surface area contributed by atoms with E-state index in [9.17, 15) is 8.42 Å². The number of hydrogen-bond acceptors (Lipinski definition) is 3. The molecule has 3 N–H and O–H groups in total. The van der Waals surface area contributed by atoms with E-state index in [1.807, 2.05) is 13.8 Å². The molecule has 16 heavy (non-hydrogen) atoms. The maximum atomic E-state index is 11.9. The summed E-state index contributed by atoms with van der Waals surface area (Å²) in [5.41, 5.74) is 5.62. The molecule has 1 aromatic rings. The van der Waals surface area contributed by atoms with Gasteiger partial charge in [0, 0.05) is 12.1 Å². The summed E-state index contributed by atoms with van der Waals surface area (Å²) in [5, 5.41) is 0. The molecule has 0 aliphatic carbocycles. The maximum absolute atomic E-state index is 11.9. The highest BCUT2D eigenvalue weighted by Crippen LogP contribution is 2.09. The predicted octanol–water partition coefficient (Wildman–Crippen LogP) is 1.09. The first-order valence-corrected chi connectivity index (χ1v) is 6.73. The number of nitrogens with two attached hydrogens (primary N) is 1. The highest BCUT2D eigenvalue weighted by molar-refractivity contribution is 7.89. The van der Waals surface area contributed by atoms with E-state index in [1.54, 1.807) is 30.3 Å². The van der Waals surface area contributed by atoms with Crippen LogP contribution in [0.25, 0.3) is 0 Å². The van der Waals surface area contributed by atoms with Crippen molar-refractivity contribution in [3.05, 3.63) is 30.3 Å². The van der Waals surface area contributed by atoms with Gasteiger partial charge in [-0.1, -0.05) is 18.2 Å². The molecule has 2 atom stereocenters. The van der Waals surface area contributed by atoms with Crippen LogP contribution in [0.1, 0.15) is 20.3 Å². The molecule has 90 valence electrons. The molecule has 0 radical (unpaired) electrons. The molecule has 0 saturated carbocycles. The van der Waals surface area contributed by atoms with Crippen molar-refractivity contribution in [2.75, 3.05) is 0 Å². The largest absolute Gasteiger partial charge is 0.328 e. The lowest BCUT2D eigenvalue weighted by Gasteiger charge is -2.15. The lowest BCUT2D eigenvalue weighted by Crippen LogP contribution is -2.36. The van der Waals surface area contributed by atoms with Crippen molar-refractivity contribution >= 4 is 10.0 Å². The highest BCUT2D eigenvalue weighted by Gasteiger charge is 2.17. The van der Waals surface area contributed by atoms with Gasteiger partial charge < -0.3 is 5.73 Å². The minimum absolute atomic E-state index is 0.0199. The van der Waals surface area contributed by atoms with E-state index in [2.05, 4.69) is 4.72 Å². The summed E-state index contributed by atoms with van der Waals surface area (Å²) >= 11 is 0. The van der Waals surface area contributed by atoms with Crippen LogP contribution < -0.4 is 10.5 Å². The van der Waals surface area contributed by atoms with Gasteiger partial charge in [-0.3, -0.25) is 0 Å². The Balaban J connectivity index is 2.73. The summed E-state index contributed by atoms with van der Waals surface area (Å²) in [6, 6.07) is 8.14. The van der Waals surface area contributed by atoms with Crippen LogP contribution in [0, 0.1) is 0 Å². The van der Waals surface area contributed by atoms with Crippen molar-refractivity contribution in [3.63, 3.8) is 0 Å². The summed E-state index contributed by atoms with van der Waals surface area (Å²) in [7, 11) is -3.41. The summed E-state index contributed by atoms with van der Waals surface area (Å²) < 4.78 is 26.3. The molecule has 1 aromatic carbocycles. The van der Waals surface area contributed by atoms with E-state index in [0.29, 0.717) is 6.42 Å². The molecule has 5 heteroatoms. The van der Waals surface area contributed by atoms with Crippen LogP contribution in [0.2, 0.25) is 0 Å². The number of hydrogen-bond donors (Lipinski definition) is 2.